The minimum Gasteiger partial charge on any atom is -0.493 e. The number of ether oxygens (including phenoxy) is 3. The summed E-state index contributed by atoms with van der Waals surface area (Å²) in [6.45, 7) is 20.1. The number of rotatable bonds is 12. The topological polar surface area (TPSA) is 77.5 Å². The van der Waals surface area contributed by atoms with Gasteiger partial charge in [0.1, 0.15) is 12.8 Å². The molecule has 1 atom stereocenters. The fraction of sp³-hybridized carbons (Fsp3) is 0.576. The van der Waals surface area contributed by atoms with Gasteiger partial charge in [-0.2, -0.15) is 0 Å². The van der Waals surface area contributed by atoms with Gasteiger partial charge in [-0.1, -0.05) is 64.7 Å². The minimum absolute atomic E-state index is 0.0711. The van der Waals surface area contributed by atoms with Gasteiger partial charge in [0.2, 0.25) is 0 Å². The zero-order chi connectivity index (χ0) is 31.6. The Balaban J connectivity index is 1.61. The zero-order valence-electron chi connectivity index (χ0n) is 27.5. The van der Waals surface area contributed by atoms with Crippen molar-refractivity contribution in [3.8, 4) is 11.5 Å². The molecule has 2 aliphatic rings. The molecule has 2 amide bonds. The molecule has 2 aliphatic heterocycles. The predicted molar refractivity (Wildman–Crippen MR) is 177 cm³/mol. The molecule has 0 radical (unpaired) electrons. The van der Waals surface area contributed by atoms with Gasteiger partial charge in [0, 0.05) is 46.7 Å². The number of hydrogen-bond donors (Lipinski definition) is 0. The Morgan fingerprint density at radius 3 is 2.28 bits per heavy atom. The molecular formula is C33H50N2O6Si2. The van der Waals surface area contributed by atoms with Gasteiger partial charge in [0.05, 0.1) is 25.0 Å². The number of hydrogen-bond acceptors (Lipinski definition) is 6. The van der Waals surface area contributed by atoms with E-state index in [9.17, 15) is 9.59 Å². The summed E-state index contributed by atoms with van der Waals surface area (Å²) in [5.74, 6) is 0.610. The van der Waals surface area contributed by atoms with Crippen LogP contribution in [0.25, 0.3) is 0 Å². The van der Waals surface area contributed by atoms with Gasteiger partial charge < -0.3 is 23.5 Å². The summed E-state index contributed by atoms with van der Waals surface area (Å²) in [5.41, 5.74) is 3.06. The number of nitrogens with zero attached hydrogens (tertiary/aromatic N) is 2. The Morgan fingerprint density at radius 2 is 1.63 bits per heavy atom. The Hall–Kier alpha value is -2.67. The van der Waals surface area contributed by atoms with E-state index in [2.05, 4.69) is 53.5 Å². The second-order valence-corrected chi connectivity index (χ2v) is 24.8. The number of amides is 2. The fourth-order valence-electron chi connectivity index (χ4n) is 5.08. The van der Waals surface area contributed by atoms with Crippen LogP contribution >= 0.6 is 0 Å². The van der Waals surface area contributed by atoms with E-state index in [-0.39, 0.29) is 23.6 Å². The third kappa shape index (κ3) is 7.71. The molecule has 2 heterocycles. The highest BCUT2D eigenvalue weighted by Gasteiger charge is 2.43. The van der Waals surface area contributed by atoms with Crippen molar-refractivity contribution in [2.75, 3.05) is 38.6 Å². The van der Waals surface area contributed by atoms with E-state index >= 15 is 0 Å². The number of fused-ring (bicyclic) bond motifs is 3. The van der Waals surface area contributed by atoms with Crippen molar-refractivity contribution in [2.45, 2.75) is 90.0 Å². The molecule has 8 nitrogen and oxygen atoms in total. The first kappa shape index (κ1) is 33.2. The van der Waals surface area contributed by atoms with Gasteiger partial charge in [-0.3, -0.25) is 14.5 Å². The molecule has 2 aromatic carbocycles. The van der Waals surface area contributed by atoms with Crippen molar-refractivity contribution in [3.05, 3.63) is 53.1 Å². The summed E-state index contributed by atoms with van der Waals surface area (Å²) in [7, 11) is -1.60. The van der Waals surface area contributed by atoms with E-state index < -0.39 is 22.4 Å². The molecule has 236 valence electrons. The van der Waals surface area contributed by atoms with Crippen molar-refractivity contribution in [1.82, 2.24) is 4.90 Å². The molecule has 0 aliphatic carbocycles. The second-order valence-electron chi connectivity index (χ2n) is 14.4. The highest BCUT2D eigenvalue weighted by molar-refractivity contribution is 6.76. The summed E-state index contributed by atoms with van der Waals surface area (Å²) in [6, 6.07) is 11.9. The average Bonchev–Trinajstić information content (AvgIpc) is 3.01. The molecule has 0 aromatic heterocycles. The van der Waals surface area contributed by atoms with E-state index in [1.165, 1.54) is 0 Å². The van der Waals surface area contributed by atoms with E-state index in [0.29, 0.717) is 62.0 Å². The van der Waals surface area contributed by atoms with Gasteiger partial charge in [-0.05, 0) is 41.4 Å². The van der Waals surface area contributed by atoms with Gasteiger partial charge in [-0.15, -0.1) is 0 Å². The first-order valence-corrected chi connectivity index (χ1v) is 22.0. The highest BCUT2D eigenvalue weighted by atomic mass is 28.4. The molecule has 0 bridgehead atoms. The molecule has 1 unspecified atom stereocenters. The van der Waals surface area contributed by atoms with Crippen LogP contribution in [0, 0.1) is 0 Å². The number of carbonyl (C=O) groups is 2. The molecule has 0 saturated carbocycles. The van der Waals surface area contributed by atoms with Crippen LogP contribution in [-0.2, 0) is 26.9 Å². The summed E-state index contributed by atoms with van der Waals surface area (Å²) < 4.78 is 24.3. The lowest BCUT2D eigenvalue weighted by molar-refractivity contribution is -0.124. The Kier molecular flexibility index (Phi) is 10.2. The Morgan fingerprint density at radius 1 is 0.930 bits per heavy atom. The van der Waals surface area contributed by atoms with Crippen molar-refractivity contribution in [1.29, 1.82) is 0 Å². The summed E-state index contributed by atoms with van der Waals surface area (Å²) >= 11 is 0. The smallest absolute Gasteiger partial charge is 0.257 e. The minimum atomic E-state index is -1.85. The van der Waals surface area contributed by atoms with Crippen LogP contribution in [0.1, 0.15) is 48.7 Å². The van der Waals surface area contributed by atoms with Crippen LogP contribution in [0.4, 0.5) is 5.69 Å². The van der Waals surface area contributed by atoms with Crippen LogP contribution in [0.15, 0.2) is 36.4 Å². The molecule has 2 aromatic rings. The zero-order valence-corrected chi connectivity index (χ0v) is 29.5. The van der Waals surface area contributed by atoms with Gasteiger partial charge >= 0.3 is 0 Å². The second kappa shape index (κ2) is 13.1. The van der Waals surface area contributed by atoms with Crippen molar-refractivity contribution in [2.24, 2.45) is 0 Å². The lowest BCUT2D eigenvalue weighted by atomic mass is 9.93. The van der Waals surface area contributed by atoms with Crippen LogP contribution in [-0.4, -0.2) is 72.8 Å². The maximum atomic E-state index is 14.2. The predicted octanol–water partition coefficient (Wildman–Crippen LogP) is 6.71. The van der Waals surface area contributed by atoms with E-state index in [0.717, 1.165) is 17.2 Å². The Labute approximate surface area is 259 Å². The van der Waals surface area contributed by atoms with E-state index in [1.807, 2.05) is 24.3 Å². The SMILES string of the molecule is COc1cc2c(cc1OCCCO[Si](C)(C)C(C)(C)C)N(COCC[Si](C)(C)C)C(=O)C1Cc3ccccc3CN1C2=O. The monoisotopic (exact) mass is 626 g/mol. The van der Waals surface area contributed by atoms with Crippen molar-refractivity contribution in [3.63, 3.8) is 0 Å². The first-order valence-electron chi connectivity index (χ1n) is 15.4. The van der Waals surface area contributed by atoms with Crippen LogP contribution in [0.5, 0.6) is 11.5 Å². The normalized spacial score (nSPS) is 17.3. The third-order valence-corrected chi connectivity index (χ3v) is 15.1. The van der Waals surface area contributed by atoms with Gasteiger partial charge in [-0.25, -0.2) is 0 Å². The summed E-state index contributed by atoms with van der Waals surface area (Å²) in [4.78, 5) is 31.6. The molecule has 0 N–H and O–H groups in total. The maximum absolute atomic E-state index is 14.2. The van der Waals surface area contributed by atoms with Crippen molar-refractivity contribution < 1.29 is 28.2 Å². The number of carbonyl (C=O) groups excluding carboxylic acids is 2. The highest BCUT2D eigenvalue weighted by Crippen LogP contribution is 2.40. The number of benzene rings is 2. The van der Waals surface area contributed by atoms with E-state index in [1.54, 1.807) is 29.0 Å². The Bertz CT molecular complexity index is 1320. The molecule has 10 heteroatoms. The van der Waals surface area contributed by atoms with Crippen LogP contribution in [0.3, 0.4) is 0 Å². The molecule has 0 spiro atoms. The van der Waals surface area contributed by atoms with Gasteiger partial charge in [0.25, 0.3) is 11.8 Å². The summed E-state index contributed by atoms with van der Waals surface area (Å²) in [6.07, 6.45) is 1.18. The molecular weight excluding hydrogens is 577 g/mol. The largest absolute Gasteiger partial charge is 0.493 e. The third-order valence-electron chi connectivity index (χ3n) is 8.90. The molecule has 43 heavy (non-hydrogen) atoms. The first-order chi connectivity index (χ1) is 20.1. The average molecular weight is 627 g/mol. The standard InChI is InChI=1S/C33H50N2O6Si2/c1-33(2,3)43(8,9)41-16-12-15-40-30-21-27-26(20-29(30)38-4)31(36)34-22-25-14-11-10-13-24(25)19-28(34)32(37)35(27)23-39-17-18-42(5,6)7/h10-11,13-14,20-21,28H,12,15-19,22-23H2,1-9H3. The molecule has 0 fully saturated rings. The number of anilines is 1. The quantitative estimate of drug-likeness (QED) is 0.193. The van der Waals surface area contributed by atoms with Crippen molar-refractivity contribution >= 4 is 33.9 Å². The lowest BCUT2D eigenvalue weighted by Crippen LogP contribution is -2.51. The molecule has 4 rings (SSSR count). The maximum Gasteiger partial charge on any atom is 0.257 e. The van der Waals surface area contributed by atoms with Gasteiger partial charge in [0.15, 0.2) is 19.8 Å². The number of methoxy groups -OCH3 is 1. The fourth-order valence-corrected chi connectivity index (χ4v) is 6.92. The summed E-state index contributed by atoms with van der Waals surface area (Å²) in [5, 5.41) is 0.141. The van der Waals surface area contributed by atoms with E-state index in [4.69, 9.17) is 18.6 Å². The lowest BCUT2D eigenvalue weighted by Gasteiger charge is -2.36. The van der Waals surface area contributed by atoms with Crippen LogP contribution < -0.4 is 14.4 Å². The molecule has 0 saturated heterocycles. The van der Waals surface area contributed by atoms with Crippen LogP contribution in [0.2, 0.25) is 43.8 Å².